The number of rotatable bonds is 6. The van der Waals surface area contributed by atoms with Crippen LogP contribution in [0, 0.1) is 0 Å². The number of hydrogen-bond donors (Lipinski definition) is 2. The van der Waals surface area contributed by atoms with E-state index in [1.807, 2.05) is 36.0 Å². The number of anilines is 1. The molecular formula is C20H27N3O4S2. The molecule has 1 aromatic heterocycles. The summed E-state index contributed by atoms with van der Waals surface area (Å²) in [6, 6.07) is 10.3. The molecule has 7 nitrogen and oxygen atoms in total. The molecule has 2 N–H and O–H groups in total. The summed E-state index contributed by atoms with van der Waals surface area (Å²) in [6.45, 7) is 8.00. The van der Waals surface area contributed by atoms with Crippen molar-refractivity contribution in [1.29, 1.82) is 0 Å². The number of nitrogens with zero attached hydrogens (tertiary/aromatic N) is 1. The van der Waals surface area contributed by atoms with Gasteiger partial charge in [-0.1, -0.05) is 18.2 Å². The summed E-state index contributed by atoms with van der Waals surface area (Å²) in [4.78, 5) is 15.0. The number of furan rings is 1. The van der Waals surface area contributed by atoms with Gasteiger partial charge in [-0.05, 0) is 44.5 Å². The van der Waals surface area contributed by atoms with Crippen molar-refractivity contribution in [2.75, 3.05) is 29.9 Å². The number of nitrogens with one attached hydrogen (secondary N) is 2. The summed E-state index contributed by atoms with van der Waals surface area (Å²) in [7, 11) is -3.84. The van der Waals surface area contributed by atoms with Gasteiger partial charge in [-0.25, -0.2) is 13.1 Å². The van der Waals surface area contributed by atoms with Crippen molar-refractivity contribution in [1.82, 2.24) is 9.62 Å². The molecule has 0 aliphatic carbocycles. The molecule has 1 fully saturated rings. The molecular weight excluding hydrogens is 410 g/mol. The largest absolute Gasteiger partial charge is 0.438 e. The van der Waals surface area contributed by atoms with Crippen LogP contribution in [0.15, 0.2) is 45.9 Å². The third-order valence-electron chi connectivity index (χ3n) is 4.27. The van der Waals surface area contributed by atoms with E-state index in [0.717, 1.165) is 36.7 Å². The molecule has 3 rings (SSSR count). The van der Waals surface area contributed by atoms with Gasteiger partial charge in [-0.15, -0.1) is 0 Å². The Bertz CT molecular complexity index is 958. The minimum absolute atomic E-state index is 0.0524. The van der Waals surface area contributed by atoms with E-state index in [1.54, 1.807) is 20.8 Å². The van der Waals surface area contributed by atoms with Crippen LogP contribution in [-0.2, 0) is 16.6 Å². The Labute approximate surface area is 176 Å². The molecule has 0 atom stereocenters. The second-order valence-corrected chi connectivity index (χ2v) is 10.8. The van der Waals surface area contributed by atoms with Gasteiger partial charge in [0.25, 0.3) is 15.9 Å². The summed E-state index contributed by atoms with van der Waals surface area (Å²) < 4.78 is 32.6. The van der Waals surface area contributed by atoms with Crippen molar-refractivity contribution in [3.05, 3.63) is 47.7 Å². The summed E-state index contributed by atoms with van der Waals surface area (Å²) in [5.74, 6) is 1.69. The quantitative estimate of drug-likeness (QED) is 0.721. The Morgan fingerprint density at radius 3 is 2.52 bits per heavy atom. The Morgan fingerprint density at radius 2 is 1.83 bits per heavy atom. The van der Waals surface area contributed by atoms with E-state index < -0.39 is 21.5 Å². The summed E-state index contributed by atoms with van der Waals surface area (Å²) >= 11 is 1.95. The molecule has 29 heavy (non-hydrogen) atoms. The molecule has 158 valence electrons. The molecule has 9 heteroatoms. The maximum Gasteiger partial charge on any atom is 0.291 e. The standard InChI is InChI=1S/C20H27N3O4S2/c1-20(2,3)22-29(25,26)18-9-8-17(27-18)19(24)21-16-7-5-4-6-15(16)14-23-10-12-28-13-11-23/h4-9,22H,10-14H2,1-3H3,(H,21,24). The summed E-state index contributed by atoms with van der Waals surface area (Å²) in [6.07, 6.45) is 0. The molecule has 0 radical (unpaired) electrons. The van der Waals surface area contributed by atoms with Crippen LogP contribution in [0.5, 0.6) is 0 Å². The highest BCUT2D eigenvalue weighted by atomic mass is 32.2. The van der Waals surface area contributed by atoms with Gasteiger partial charge in [0.05, 0.1) is 0 Å². The lowest BCUT2D eigenvalue weighted by Gasteiger charge is -2.27. The average molecular weight is 438 g/mol. The minimum atomic E-state index is -3.84. The van der Waals surface area contributed by atoms with Crippen LogP contribution in [0.2, 0.25) is 0 Å². The zero-order chi connectivity index (χ0) is 21.1. The first-order valence-electron chi connectivity index (χ1n) is 9.47. The molecule has 2 heterocycles. The first-order chi connectivity index (χ1) is 13.6. The molecule has 2 aromatic rings. The van der Waals surface area contributed by atoms with E-state index in [9.17, 15) is 13.2 Å². The van der Waals surface area contributed by atoms with Crippen molar-refractivity contribution in [2.24, 2.45) is 0 Å². The second kappa shape index (κ2) is 8.91. The van der Waals surface area contributed by atoms with E-state index >= 15 is 0 Å². The van der Waals surface area contributed by atoms with Crippen LogP contribution in [0.4, 0.5) is 5.69 Å². The van der Waals surface area contributed by atoms with Crippen LogP contribution >= 0.6 is 11.8 Å². The Morgan fingerprint density at radius 1 is 1.14 bits per heavy atom. The molecule has 1 saturated heterocycles. The number of thioether (sulfide) groups is 1. The van der Waals surface area contributed by atoms with Gasteiger partial charge in [-0.3, -0.25) is 9.69 Å². The van der Waals surface area contributed by atoms with E-state index in [-0.39, 0.29) is 10.9 Å². The second-order valence-electron chi connectivity index (χ2n) is 7.97. The van der Waals surface area contributed by atoms with Gasteiger partial charge in [0, 0.05) is 42.4 Å². The highest BCUT2D eigenvalue weighted by Crippen LogP contribution is 2.22. The van der Waals surface area contributed by atoms with Gasteiger partial charge >= 0.3 is 0 Å². The van der Waals surface area contributed by atoms with Gasteiger partial charge in [0.15, 0.2) is 5.76 Å². The normalized spacial score (nSPS) is 16.0. The summed E-state index contributed by atoms with van der Waals surface area (Å²) in [5.41, 5.74) is 1.06. The molecule has 1 aromatic carbocycles. The topological polar surface area (TPSA) is 91.6 Å². The molecule has 1 amide bonds. The Kier molecular flexibility index (Phi) is 6.72. The predicted octanol–water partition coefficient (Wildman–Crippen LogP) is 3.16. The molecule has 1 aliphatic rings. The van der Waals surface area contributed by atoms with Gasteiger partial charge in [-0.2, -0.15) is 11.8 Å². The molecule has 1 aliphatic heterocycles. The molecule has 0 bridgehead atoms. The fraction of sp³-hybridized carbons (Fsp3) is 0.450. The lowest BCUT2D eigenvalue weighted by molar-refractivity contribution is 0.0991. The van der Waals surface area contributed by atoms with Crippen LogP contribution in [0.3, 0.4) is 0 Å². The van der Waals surface area contributed by atoms with Crippen molar-refractivity contribution >= 4 is 33.4 Å². The third-order valence-corrected chi connectivity index (χ3v) is 6.85. The fourth-order valence-electron chi connectivity index (χ4n) is 3.00. The Hall–Kier alpha value is -1.81. The molecule has 0 saturated carbocycles. The number of benzene rings is 1. The smallest absolute Gasteiger partial charge is 0.291 e. The SMILES string of the molecule is CC(C)(C)NS(=O)(=O)c1ccc(C(=O)Nc2ccccc2CN2CCSCC2)o1. The highest BCUT2D eigenvalue weighted by molar-refractivity contribution is 7.99. The van der Waals surface area contributed by atoms with E-state index in [1.165, 1.54) is 12.1 Å². The van der Waals surface area contributed by atoms with Crippen molar-refractivity contribution < 1.29 is 17.6 Å². The lowest BCUT2D eigenvalue weighted by atomic mass is 10.1. The lowest BCUT2D eigenvalue weighted by Crippen LogP contribution is -2.40. The van der Waals surface area contributed by atoms with Crippen molar-refractivity contribution in [3.63, 3.8) is 0 Å². The van der Waals surface area contributed by atoms with Crippen molar-refractivity contribution in [3.8, 4) is 0 Å². The number of amides is 1. The fourth-order valence-corrected chi connectivity index (χ4v) is 5.34. The number of carbonyl (C=O) groups excluding carboxylic acids is 1. The molecule has 0 spiro atoms. The van der Waals surface area contributed by atoms with E-state index in [4.69, 9.17) is 4.42 Å². The van der Waals surface area contributed by atoms with E-state index in [0.29, 0.717) is 5.69 Å². The number of hydrogen-bond acceptors (Lipinski definition) is 6. The van der Waals surface area contributed by atoms with Gasteiger partial charge in [0.2, 0.25) is 5.09 Å². The zero-order valence-electron chi connectivity index (χ0n) is 16.9. The van der Waals surface area contributed by atoms with Crippen LogP contribution < -0.4 is 10.0 Å². The van der Waals surface area contributed by atoms with Crippen LogP contribution in [0.25, 0.3) is 0 Å². The Balaban J connectivity index is 1.72. The van der Waals surface area contributed by atoms with Gasteiger partial charge in [0.1, 0.15) is 0 Å². The third kappa shape index (κ3) is 6.08. The average Bonchev–Trinajstić information content (AvgIpc) is 3.14. The maximum absolute atomic E-state index is 12.6. The van der Waals surface area contributed by atoms with Crippen LogP contribution in [-0.4, -0.2) is 49.4 Å². The van der Waals surface area contributed by atoms with Crippen molar-refractivity contribution in [2.45, 2.75) is 37.9 Å². The zero-order valence-corrected chi connectivity index (χ0v) is 18.5. The van der Waals surface area contributed by atoms with Crippen LogP contribution in [0.1, 0.15) is 36.9 Å². The predicted molar refractivity (Wildman–Crippen MR) is 116 cm³/mol. The minimum Gasteiger partial charge on any atom is -0.438 e. The highest BCUT2D eigenvalue weighted by Gasteiger charge is 2.26. The van der Waals surface area contributed by atoms with E-state index in [2.05, 4.69) is 14.9 Å². The number of carbonyl (C=O) groups is 1. The summed E-state index contributed by atoms with van der Waals surface area (Å²) in [5, 5.41) is 2.57. The first kappa shape index (κ1) is 21.9. The number of para-hydroxylation sites is 1. The maximum atomic E-state index is 12.6. The number of sulfonamides is 1. The molecule has 0 unspecified atom stereocenters. The monoisotopic (exact) mass is 437 g/mol. The first-order valence-corrected chi connectivity index (χ1v) is 12.1. The van der Waals surface area contributed by atoms with Gasteiger partial charge < -0.3 is 9.73 Å².